The van der Waals surface area contributed by atoms with Crippen LogP contribution in [0.5, 0.6) is 0 Å². The number of nitrogen functional groups attached to an aromatic ring is 1. The number of thiol groups is 1. The molecule has 0 saturated heterocycles. The summed E-state index contributed by atoms with van der Waals surface area (Å²) < 4.78 is 8.03. The Bertz CT molecular complexity index is 765. The third kappa shape index (κ3) is 4.20. The van der Waals surface area contributed by atoms with Gasteiger partial charge in [-0.15, -0.1) is 0 Å². The summed E-state index contributed by atoms with van der Waals surface area (Å²) in [5.41, 5.74) is 6.09. The van der Waals surface area contributed by atoms with Crippen molar-refractivity contribution < 1.29 is 4.43 Å². The molecule has 2 rings (SSSR count). The van der Waals surface area contributed by atoms with Crippen molar-refractivity contribution in [2.24, 2.45) is 0 Å². The lowest BCUT2D eigenvalue weighted by molar-refractivity contribution is 0.282. The van der Waals surface area contributed by atoms with Gasteiger partial charge >= 0.3 is 0 Å². The Balaban J connectivity index is 1.98. The lowest BCUT2D eigenvalue weighted by Crippen LogP contribution is -2.42. The molecule has 0 radical (unpaired) electrons. The molecule has 2 aromatic heterocycles. The van der Waals surface area contributed by atoms with Crippen molar-refractivity contribution in [2.75, 3.05) is 12.3 Å². The van der Waals surface area contributed by atoms with Crippen LogP contribution < -0.4 is 11.3 Å². The molecule has 0 fully saturated rings. The van der Waals surface area contributed by atoms with Gasteiger partial charge in [0.1, 0.15) is 0 Å². The molecule has 0 bridgehead atoms. The van der Waals surface area contributed by atoms with Crippen LogP contribution in [0.25, 0.3) is 11.2 Å². The van der Waals surface area contributed by atoms with Crippen LogP contribution in [0.3, 0.4) is 0 Å². The monoisotopic (exact) mass is 369 g/mol. The number of H-pyrrole nitrogens is 1. The number of hydrogen-bond acceptors (Lipinski definition) is 6. The summed E-state index contributed by atoms with van der Waals surface area (Å²) in [6.45, 7) is 12.4. The SMILES string of the molecule is CC(C)(C)[Si](C)(C)OCC(S)CCn1cnc2c(=O)[nH]c(N)nc21. The summed E-state index contributed by atoms with van der Waals surface area (Å²) in [7, 11) is -1.76. The number of imidazole rings is 1. The molecule has 134 valence electrons. The van der Waals surface area contributed by atoms with Crippen LogP contribution in [0.2, 0.25) is 18.1 Å². The van der Waals surface area contributed by atoms with Gasteiger partial charge in [-0.3, -0.25) is 9.78 Å². The summed E-state index contributed by atoms with van der Waals surface area (Å²) in [5.74, 6) is 0.0953. The summed E-state index contributed by atoms with van der Waals surface area (Å²) in [5, 5.41) is 0.291. The first-order chi connectivity index (χ1) is 11.0. The maximum Gasteiger partial charge on any atom is 0.280 e. The van der Waals surface area contributed by atoms with Crippen LogP contribution in [0.4, 0.5) is 5.95 Å². The Kier molecular flexibility index (Phi) is 5.46. The first-order valence-corrected chi connectivity index (χ1v) is 11.5. The Labute approximate surface area is 148 Å². The van der Waals surface area contributed by atoms with E-state index in [1.54, 1.807) is 6.33 Å². The second kappa shape index (κ2) is 6.89. The number of fused-ring (bicyclic) bond motifs is 1. The van der Waals surface area contributed by atoms with E-state index >= 15 is 0 Å². The van der Waals surface area contributed by atoms with Crippen LogP contribution in [0.15, 0.2) is 11.1 Å². The maximum absolute atomic E-state index is 11.8. The van der Waals surface area contributed by atoms with Gasteiger partial charge in [-0.2, -0.15) is 17.6 Å². The predicted octanol–water partition coefficient (Wildman–Crippen LogP) is 2.41. The van der Waals surface area contributed by atoms with Crippen LogP contribution in [0, 0.1) is 0 Å². The number of aryl methyl sites for hydroxylation is 1. The van der Waals surface area contributed by atoms with E-state index in [4.69, 9.17) is 10.2 Å². The first-order valence-electron chi connectivity index (χ1n) is 8.04. The third-order valence-electron chi connectivity index (χ3n) is 4.64. The molecule has 7 nitrogen and oxygen atoms in total. The second-order valence-corrected chi connectivity index (χ2v) is 13.1. The number of hydrogen-bond donors (Lipinski definition) is 3. The Hall–Kier alpha value is -1.32. The highest BCUT2D eigenvalue weighted by molar-refractivity contribution is 7.81. The van der Waals surface area contributed by atoms with Crippen LogP contribution >= 0.6 is 12.6 Å². The van der Waals surface area contributed by atoms with Crippen molar-refractivity contribution in [1.82, 2.24) is 19.5 Å². The first kappa shape index (κ1) is 19.0. The van der Waals surface area contributed by atoms with Crippen molar-refractivity contribution in [3.05, 3.63) is 16.7 Å². The molecule has 1 unspecified atom stereocenters. The van der Waals surface area contributed by atoms with Crippen LogP contribution in [0.1, 0.15) is 27.2 Å². The van der Waals surface area contributed by atoms with Crippen molar-refractivity contribution in [2.45, 2.75) is 57.1 Å². The molecule has 0 spiro atoms. The minimum absolute atomic E-state index is 0.0953. The minimum atomic E-state index is -1.76. The van der Waals surface area contributed by atoms with Crippen molar-refractivity contribution in [3.8, 4) is 0 Å². The number of rotatable bonds is 6. The van der Waals surface area contributed by atoms with Crippen molar-refractivity contribution >= 4 is 38.1 Å². The second-order valence-electron chi connectivity index (χ2n) is 7.58. The molecule has 0 aliphatic rings. The fourth-order valence-electron chi connectivity index (χ4n) is 2.03. The molecule has 0 amide bonds. The zero-order valence-electron chi connectivity index (χ0n) is 15.0. The molecule has 9 heteroatoms. The molecule has 24 heavy (non-hydrogen) atoms. The number of aromatic amines is 1. The highest BCUT2D eigenvalue weighted by atomic mass is 32.1. The molecule has 2 heterocycles. The molecule has 3 N–H and O–H groups in total. The number of aromatic nitrogens is 4. The summed E-state index contributed by atoms with van der Waals surface area (Å²) >= 11 is 4.63. The third-order valence-corrected chi connectivity index (χ3v) is 9.55. The Morgan fingerprint density at radius 3 is 2.75 bits per heavy atom. The average molecular weight is 370 g/mol. The van der Waals surface area contributed by atoms with Crippen LogP contribution in [-0.4, -0.2) is 39.7 Å². The highest BCUT2D eigenvalue weighted by Gasteiger charge is 2.37. The van der Waals surface area contributed by atoms with E-state index in [9.17, 15) is 4.79 Å². The standard InChI is InChI=1S/C15H27N5O2SSi/c1-15(2,3)24(4,5)22-8-10(23)6-7-20-9-17-11-12(20)18-14(16)19-13(11)21/h9-10,23H,6-8H2,1-5H3,(H3,16,18,19,21). The molecule has 0 aromatic carbocycles. The van der Waals surface area contributed by atoms with E-state index in [2.05, 4.69) is 61.4 Å². The van der Waals surface area contributed by atoms with Gasteiger partial charge in [-0.25, -0.2) is 4.98 Å². The Morgan fingerprint density at radius 1 is 1.46 bits per heavy atom. The quantitative estimate of drug-likeness (QED) is 0.536. The normalized spacial score (nSPS) is 14.2. The molecule has 2 aromatic rings. The van der Waals surface area contributed by atoms with Crippen LogP contribution in [-0.2, 0) is 11.0 Å². The van der Waals surface area contributed by atoms with Gasteiger partial charge in [0.2, 0.25) is 5.95 Å². The molecule has 0 aliphatic heterocycles. The zero-order chi connectivity index (χ0) is 18.1. The number of nitrogens with two attached hydrogens (primary N) is 1. The van der Waals surface area contributed by atoms with E-state index in [1.807, 2.05) is 4.57 Å². The fraction of sp³-hybridized carbons (Fsp3) is 0.667. The lowest BCUT2D eigenvalue weighted by Gasteiger charge is -2.36. The number of nitrogens with zero attached hydrogens (tertiary/aromatic N) is 3. The maximum atomic E-state index is 11.8. The van der Waals surface area contributed by atoms with Crippen molar-refractivity contribution in [3.63, 3.8) is 0 Å². The van der Waals surface area contributed by atoms with E-state index in [-0.39, 0.29) is 21.8 Å². The summed E-state index contributed by atoms with van der Waals surface area (Å²) in [6, 6.07) is 0. The molecule has 0 saturated carbocycles. The molecule has 1 atom stereocenters. The summed E-state index contributed by atoms with van der Waals surface area (Å²) in [4.78, 5) is 22.5. The van der Waals surface area contributed by atoms with E-state index in [0.717, 1.165) is 6.42 Å². The van der Waals surface area contributed by atoms with Gasteiger partial charge in [0, 0.05) is 18.4 Å². The smallest absolute Gasteiger partial charge is 0.280 e. The summed E-state index contributed by atoms with van der Waals surface area (Å²) in [6.07, 6.45) is 2.40. The van der Waals surface area contributed by atoms with E-state index in [1.165, 1.54) is 0 Å². The minimum Gasteiger partial charge on any atom is -0.416 e. The predicted molar refractivity (Wildman–Crippen MR) is 103 cm³/mol. The zero-order valence-corrected chi connectivity index (χ0v) is 16.9. The van der Waals surface area contributed by atoms with Gasteiger partial charge in [0.15, 0.2) is 19.5 Å². The molecular weight excluding hydrogens is 342 g/mol. The van der Waals surface area contributed by atoms with Gasteiger partial charge in [0.25, 0.3) is 5.56 Å². The number of anilines is 1. The molecular formula is C15H27N5O2SSi. The fourth-order valence-corrected chi connectivity index (χ4v) is 3.41. The lowest BCUT2D eigenvalue weighted by atomic mass is 10.2. The van der Waals surface area contributed by atoms with Gasteiger partial charge in [-0.05, 0) is 24.6 Å². The molecule has 0 aliphatic carbocycles. The number of nitrogens with one attached hydrogen (secondary N) is 1. The van der Waals surface area contributed by atoms with Crippen molar-refractivity contribution in [1.29, 1.82) is 0 Å². The topological polar surface area (TPSA) is 98.8 Å². The highest BCUT2D eigenvalue weighted by Crippen LogP contribution is 2.36. The average Bonchev–Trinajstić information content (AvgIpc) is 2.85. The largest absolute Gasteiger partial charge is 0.416 e. The van der Waals surface area contributed by atoms with E-state index in [0.29, 0.717) is 24.3 Å². The van der Waals surface area contributed by atoms with E-state index < -0.39 is 8.32 Å². The Morgan fingerprint density at radius 2 is 2.12 bits per heavy atom. The van der Waals surface area contributed by atoms with Gasteiger partial charge in [0.05, 0.1) is 6.33 Å². The van der Waals surface area contributed by atoms with Gasteiger partial charge < -0.3 is 14.7 Å². The van der Waals surface area contributed by atoms with Gasteiger partial charge in [-0.1, -0.05) is 20.8 Å².